The summed E-state index contributed by atoms with van der Waals surface area (Å²) in [5, 5.41) is 27.8. The third-order valence-electron chi connectivity index (χ3n) is 5.11. The van der Waals surface area contributed by atoms with Crippen molar-refractivity contribution in [2.45, 2.75) is 6.42 Å². The maximum atomic E-state index is 8.87. The maximum absolute atomic E-state index is 8.87. The average Bonchev–Trinajstić information content (AvgIpc) is 3.25. The minimum atomic E-state index is 0.388. The summed E-state index contributed by atoms with van der Waals surface area (Å²) in [5.74, 6) is 2.12. The third-order valence-corrected chi connectivity index (χ3v) is 5.11. The highest BCUT2D eigenvalue weighted by Gasteiger charge is 2.15. The van der Waals surface area contributed by atoms with Crippen LogP contribution in [-0.4, -0.2) is 26.9 Å². The number of nitriles is 1. The Morgan fingerprint density at radius 3 is 2.39 bits per heavy atom. The van der Waals surface area contributed by atoms with Crippen molar-refractivity contribution < 1.29 is 4.74 Å². The predicted octanol–water partition coefficient (Wildman–Crippen LogP) is 4.76. The number of methoxy groups -OCH3 is 1. The van der Waals surface area contributed by atoms with E-state index in [0.717, 1.165) is 33.3 Å². The van der Waals surface area contributed by atoms with E-state index >= 15 is 0 Å². The molecular weight excluding hydrogens is 388 g/mol. The molecule has 2 heterocycles. The van der Waals surface area contributed by atoms with Gasteiger partial charge in [-0.2, -0.15) is 9.78 Å². The lowest BCUT2D eigenvalue weighted by molar-refractivity contribution is 0.415. The number of anilines is 2. The molecule has 0 fully saturated rings. The monoisotopic (exact) mass is 406 g/mol. The topological polar surface area (TPSA) is 88.1 Å². The maximum Gasteiger partial charge on any atom is 0.186 e. The van der Waals surface area contributed by atoms with E-state index in [1.807, 2.05) is 72.8 Å². The molecule has 0 atom stereocenters. The van der Waals surface area contributed by atoms with Crippen LogP contribution in [-0.2, 0) is 6.42 Å². The zero-order valence-electron chi connectivity index (χ0n) is 16.8. The Balaban J connectivity index is 1.63. The molecule has 1 N–H and O–H groups in total. The number of fused-ring (bicyclic) bond motifs is 3. The van der Waals surface area contributed by atoms with E-state index in [-0.39, 0.29) is 0 Å². The van der Waals surface area contributed by atoms with Crippen molar-refractivity contribution in [3.8, 4) is 23.2 Å². The standard InChI is InChI=1S/C24H18N6O/c1-31-19-12-8-17(9-13-19)23-27-28-24-21-5-3-2-4-20(21)22(29-30(23)24)26-18-10-6-16(7-11-18)14-15-25/h2-13H,14H2,1H3,(H,26,29). The van der Waals surface area contributed by atoms with Crippen LogP contribution in [0, 0.1) is 11.3 Å². The summed E-state index contributed by atoms with van der Waals surface area (Å²) in [6.07, 6.45) is 0.388. The van der Waals surface area contributed by atoms with E-state index in [2.05, 4.69) is 21.6 Å². The number of ether oxygens (including phenoxy) is 1. The van der Waals surface area contributed by atoms with Gasteiger partial charge in [0.05, 0.1) is 19.6 Å². The van der Waals surface area contributed by atoms with E-state index in [9.17, 15) is 0 Å². The minimum absolute atomic E-state index is 0.388. The molecule has 0 unspecified atom stereocenters. The van der Waals surface area contributed by atoms with Crippen molar-refractivity contribution >= 4 is 27.9 Å². The highest BCUT2D eigenvalue weighted by molar-refractivity contribution is 6.01. The molecule has 0 amide bonds. The number of nitrogens with one attached hydrogen (secondary N) is 1. The first-order valence-corrected chi connectivity index (χ1v) is 9.78. The van der Waals surface area contributed by atoms with Gasteiger partial charge in [0.15, 0.2) is 17.3 Å². The van der Waals surface area contributed by atoms with Gasteiger partial charge >= 0.3 is 0 Å². The normalized spacial score (nSPS) is 10.8. The highest BCUT2D eigenvalue weighted by atomic mass is 16.5. The van der Waals surface area contributed by atoms with Gasteiger partial charge in [-0.1, -0.05) is 36.4 Å². The summed E-state index contributed by atoms with van der Waals surface area (Å²) in [6.45, 7) is 0. The van der Waals surface area contributed by atoms with Gasteiger partial charge in [-0.05, 0) is 42.0 Å². The Labute approximate surface area is 178 Å². The van der Waals surface area contributed by atoms with E-state index in [1.165, 1.54) is 0 Å². The van der Waals surface area contributed by atoms with Crippen LogP contribution in [0.4, 0.5) is 11.5 Å². The summed E-state index contributed by atoms with van der Waals surface area (Å²) in [4.78, 5) is 0. The second kappa shape index (κ2) is 7.76. The number of nitrogens with zero attached hydrogens (tertiary/aromatic N) is 5. The Hall–Kier alpha value is -4.44. The zero-order chi connectivity index (χ0) is 21.2. The lowest BCUT2D eigenvalue weighted by Crippen LogP contribution is -2.02. The molecule has 0 spiro atoms. The fraction of sp³-hybridized carbons (Fsp3) is 0.0833. The van der Waals surface area contributed by atoms with Crippen LogP contribution in [0.2, 0.25) is 0 Å². The van der Waals surface area contributed by atoms with Gasteiger partial charge in [0, 0.05) is 22.0 Å². The first-order valence-electron chi connectivity index (χ1n) is 9.78. The molecular formula is C24H18N6O. The molecule has 7 nitrogen and oxygen atoms in total. The lowest BCUT2D eigenvalue weighted by Gasteiger charge is -2.11. The van der Waals surface area contributed by atoms with Gasteiger partial charge in [-0.15, -0.1) is 15.3 Å². The van der Waals surface area contributed by atoms with Crippen LogP contribution in [0.5, 0.6) is 5.75 Å². The summed E-state index contributed by atoms with van der Waals surface area (Å²) >= 11 is 0. The quantitative estimate of drug-likeness (QED) is 0.453. The first kappa shape index (κ1) is 18.6. The molecule has 2 aromatic heterocycles. The average molecular weight is 406 g/mol. The number of hydrogen-bond acceptors (Lipinski definition) is 6. The Bertz CT molecular complexity index is 1420. The minimum Gasteiger partial charge on any atom is -0.497 e. The Morgan fingerprint density at radius 1 is 0.935 bits per heavy atom. The van der Waals surface area contributed by atoms with Crippen LogP contribution < -0.4 is 10.1 Å². The summed E-state index contributed by atoms with van der Waals surface area (Å²) in [7, 11) is 1.64. The summed E-state index contributed by atoms with van der Waals surface area (Å²) in [5.41, 5.74) is 3.44. The van der Waals surface area contributed by atoms with E-state index in [0.29, 0.717) is 23.7 Å². The van der Waals surface area contributed by atoms with Gasteiger partial charge in [-0.3, -0.25) is 0 Å². The molecule has 0 aliphatic rings. The van der Waals surface area contributed by atoms with Crippen molar-refractivity contribution in [2.24, 2.45) is 0 Å². The van der Waals surface area contributed by atoms with Gasteiger partial charge < -0.3 is 10.1 Å². The molecule has 0 saturated heterocycles. The molecule has 0 bridgehead atoms. The first-order chi connectivity index (χ1) is 15.3. The van der Waals surface area contributed by atoms with Crippen molar-refractivity contribution in [3.05, 3.63) is 78.4 Å². The van der Waals surface area contributed by atoms with Gasteiger partial charge in [0.25, 0.3) is 0 Å². The smallest absolute Gasteiger partial charge is 0.186 e. The van der Waals surface area contributed by atoms with Crippen molar-refractivity contribution in [1.82, 2.24) is 19.8 Å². The lowest BCUT2D eigenvalue weighted by atomic mass is 10.1. The third kappa shape index (κ3) is 3.40. The highest BCUT2D eigenvalue weighted by Crippen LogP contribution is 2.29. The molecule has 5 aromatic rings. The second-order valence-corrected chi connectivity index (χ2v) is 7.04. The van der Waals surface area contributed by atoms with Crippen molar-refractivity contribution in [1.29, 1.82) is 5.26 Å². The van der Waals surface area contributed by atoms with Crippen LogP contribution >= 0.6 is 0 Å². The van der Waals surface area contributed by atoms with Crippen molar-refractivity contribution in [3.63, 3.8) is 0 Å². The number of hydrogen-bond donors (Lipinski definition) is 1. The molecule has 0 radical (unpaired) electrons. The van der Waals surface area contributed by atoms with Gasteiger partial charge in [-0.25, -0.2) is 0 Å². The molecule has 31 heavy (non-hydrogen) atoms. The fourth-order valence-electron chi connectivity index (χ4n) is 3.53. The molecule has 0 aliphatic carbocycles. The fourth-order valence-corrected chi connectivity index (χ4v) is 3.53. The largest absolute Gasteiger partial charge is 0.497 e. The number of benzene rings is 3. The number of rotatable bonds is 5. The van der Waals surface area contributed by atoms with E-state index in [4.69, 9.17) is 15.1 Å². The zero-order valence-corrected chi connectivity index (χ0v) is 16.8. The van der Waals surface area contributed by atoms with E-state index < -0.39 is 0 Å². The molecule has 150 valence electrons. The molecule has 0 saturated carbocycles. The van der Waals surface area contributed by atoms with Crippen LogP contribution in [0.25, 0.3) is 27.8 Å². The number of aromatic nitrogens is 4. The molecule has 5 rings (SSSR count). The summed E-state index contributed by atoms with van der Waals surface area (Å²) in [6, 6.07) is 25.6. The predicted molar refractivity (Wildman–Crippen MR) is 119 cm³/mol. The summed E-state index contributed by atoms with van der Waals surface area (Å²) < 4.78 is 7.02. The van der Waals surface area contributed by atoms with E-state index in [1.54, 1.807) is 11.6 Å². The Morgan fingerprint density at radius 2 is 1.68 bits per heavy atom. The molecule has 3 aromatic carbocycles. The van der Waals surface area contributed by atoms with Crippen LogP contribution in [0.3, 0.4) is 0 Å². The van der Waals surface area contributed by atoms with Crippen molar-refractivity contribution in [2.75, 3.05) is 12.4 Å². The SMILES string of the molecule is COc1ccc(-c2nnc3c4ccccc4c(Nc4ccc(CC#N)cc4)nn23)cc1. The Kier molecular flexibility index (Phi) is 4.65. The van der Waals surface area contributed by atoms with Crippen LogP contribution in [0.15, 0.2) is 72.8 Å². The van der Waals surface area contributed by atoms with Gasteiger partial charge in [0.2, 0.25) is 0 Å². The molecule has 0 aliphatic heterocycles. The molecule has 7 heteroatoms. The van der Waals surface area contributed by atoms with Crippen LogP contribution in [0.1, 0.15) is 5.56 Å². The van der Waals surface area contributed by atoms with Gasteiger partial charge in [0.1, 0.15) is 5.75 Å². The second-order valence-electron chi connectivity index (χ2n) is 7.04.